The lowest BCUT2D eigenvalue weighted by molar-refractivity contribution is -0.148. The van der Waals surface area contributed by atoms with Gasteiger partial charge in [-0.15, -0.1) is 0 Å². The minimum Gasteiger partial charge on any atom is -0.364 e. The molecule has 0 atom stereocenters. The predicted molar refractivity (Wildman–Crippen MR) is 62.5 cm³/mol. The van der Waals surface area contributed by atoms with Gasteiger partial charge in [0.2, 0.25) is 0 Å². The molecule has 17 heavy (non-hydrogen) atoms. The molecule has 5 nitrogen and oxygen atoms in total. The minimum atomic E-state index is -0.133. The van der Waals surface area contributed by atoms with Gasteiger partial charge in [0, 0.05) is 44.8 Å². The normalized spacial score (nSPS) is 16.4. The van der Waals surface area contributed by atoms with Crippen LogP contribution in [0.2, 0.25) is 0 Å². The van der Waals surface area contributed by atoms with Crippen molar-refractivity contribution in [2.24, 2.45) is 0 Å². The Balaban J connectivity index is 1.87. The Morgan fingerprint density at radius 1 is 1.41 bits per heavy atom. The molecular weight excluding hydrogens is 220 g/mol. The number of ether oxygens (including phenoxy) is 2. The molecule has 1 aliphatic heterocycles. The predicted octanol–water partition coefficient (Wildman–Crippen LogP) is 1.43. The van der Waals surface area contributed by atoms with Crippen LogP contribution in [0.5, 0.6) is 0 Å². The number of rotatable bonds is 6. The van der Waals surface area contributed by atoms with Gasteiger partial charge in [-0.2, -0.15) is 0 Å². The smallest absolute Gasteiger partial charge is 0.170 e. The van der Waals surface area contributed by atoms with E-state index in [9.17, 15) is 0 Å². The van der Waals surface area contributed by atoms with Crippen LogP contribution in [0.3, 0.4) is 0 Å². The molecule has 1 aromatic rings. The fourth-order valence-corrected chi connectivity index (χ4v) is 2.09. The maximum absolute atomic E-state index is 5.55. The average molecular weight is 240 g/mol. The van der Waals surface area contributed by atoms with Crippen LogP contribution in [0, 0.1) is 0 Å². The summed E-state index contributed by atoms with van der Waals surface area (Å²) in [6.45, 7) is 7.98. The van der Waals surface area contributed by atoms with Crippen LogP contribution < -0.4 is 0 Å². The second kappa shape index (κ2) is 6.14. The SMILES string of the molecule is CCOC(CN1CCc2nocc2C1)OCC. The van der Waals surface area contributed by atoms with E-state index in [-0.39, 0.29) is 6.29 Å². The second-order valence-electron chi connectivity index (χ2n) is 4.11. The van der Waals surface area contributed by atoms with Gasteiger partial charge in [-0.25, -0.2) is 0 Å². The summed E-state index contributed by atoms with van der Waals surface area (Å²) in [7, 11) is 0. The standard InChI is InChI=1S/C12H20N2O3/c1-3-15-12(16-4-2)8-14-6-5-11-10(7-14)9-17-13-11/h9,12H,3-8H2,1-2H3. The molecule has 0 N–H and O–H groups in total. The molecule has 1 aliphatic rings. The number of aromatic nitrogens is 1. The Kier molecular flexibility index (Phi) is 4.53. The molecule has 0 radical (unpaired) electrons. The molecule has 0 amide bonds. The van der Waals surface area contributed by atoms with Crippen molar-refractivity contribution in [1.29, 1.82) is 0 Å². The van der Waals surface area contributed by atoms with Crippen molar-refractivity contribution in [2.45, 2.75) is 33.1 Å². The van der Waals surface area contributed by atoms with E-state index in [0.717, 1.165) is 31.7 Å². The van der Waals surface area contributed by atoms with Crippen molar-refractivity contribution in [3.05, 3.63) is 17.5 Å². The number of nitrogens with zero attached hydrogens (tertiary/aromatic N) is 2. The van der Waals surface area contributed by atoms with Crippen molar-refractivity contribution >= 4 is 0 Å². The van der Waals surface area contributed by atoms with E-state index in [4.69, 9.17) is 14.0 Å². The quantitative estimate of drug-likeness (QED) is 0.704. The highest BCUT2D eigenvalue weighted by Crippen LogP contribution is 2.17. The topological polar surface area (TPSA) is 47.7 Å². The van der Waals surface area contributed by atoms with Crippen LogP contribution in [0.25, 0.3) is 0 Å². The van der Waals surface area contributed by atoms with Crippen molar-refractivity contribution in [3.63, 3.8) is 0 Å². The summed E-state index contributed by atoms with van der Waals surface area (Å²) < 4.78 is 16.1. The molecule has 0 aromatic carbocycles. The molecule has 0 saturated carbocycles. The third-order valence-electron chi connectivity index (χ3n) is 2.90. The molecule has 0 unspecified atom stereocenters. The zero-order valence-corrected chi connectivity index (χ0v) is 10.5. The van der Waals surface area contributed by atoms with E-state index >= 15 is 0 Å². The molecule has 0 bridgehead atoms. The van der Waals surface area contributed by atoms with Crippen LogP contribution in [-0.2, 0) is 22.4 Å². The van der Waals surface area contributed by atoms with E-state index in [2.05, 4.69) is 10.1 Å². The average Bonchev–Trinajstić information content (AvgIpc) is 2.77. The van der Waals surface area contributed by atoms with Gasteiger partial charge in [0.1, 0.15) is 6.26 Å². The van der Waals surface area contributed by atoms with E-state index in [1.165, 1.54) is 5.56 Å². The summed E-state index contributed by atoms with van der Waals surface area (Å²) >= 11 is 0. The van der Waals surface area contributed by atoms with Crippen LogP contribution in [0.4, 0.5) is 0 Å². The highest BCUT2D eigenvalue weighted by Gasteiger charge is 2.22. The fraction of sp³-hybridized carbons (Fsp3) is 0.750. The molecule has 0 saturated heterocycles. The van der Waals surface area contributed by atoms with Gasteiger partial charge < -0.3 is 14.0 Å². The summed E-state index contributed by atoms with van der Waals surface area (Å²) in [5.41, 5.74) is 2.27. The highest BCUT2D eigenvalue weighted by molar-refractivity contribution is 5.17. The van der Waals surface area contributed by atoms with Gasteiger partial charge in [-0.05, 0) is 13.8 Å². The summed E-state index contributed by atoms with van der Waals surface area (Å²) in [5.74, 6) is 0. The van der Waals surface area contributed by atoms with Gasteiger partial charge in [0.15, 0.2) is 6.29 Å². The Morgan fingerprint density at radius 2 is 2.18 bits per heavy atom. The Bertz CT molecular complexity index is 334. The van der Waals surface area contributed by atoms with E-state index in [1.54, 1.807) is 6.26 Å². The Hall–Kier alpha value is -0.910. The molecular formula is C12H20N2O3. The van der Waals surface area contributed by atoms with Crippen LogP contribution >= 0.6 is 0 Å². The summed E-state index contributed by atoms with van der Waals surface area (Å²) in [6, 6.07) is 0. The third-order valence-corrected chi connectivity index (χ3v) is 2.90. The van der Waals surface area contributed by atoms with Crippen molar-refractivity contribution < 1.29 is 14.0 Å². The number of hydrogen-bond acceptors (Lipinski definition) is 5. The molecule has 2 rings (SSSR count). The molecule has 96 valence electrons. The number of fused-ring (bicyclic) bond motifs is 1. The summed E-state index contributed by atoms with van der Waals surface area (Å²) in [6.07, 6.45) is 2.54. The zero-order chi connectivity index (χ0) is 12.1. The molecule has 0 aliphatic carbocycles. The molecule has 5 heteroatoms. The van der Waals surface area contributed by atoms with Crippen molar-refractivity contribution in [3.8, 4) is 0 Å². The largest absolute Gasteiger partial charge is 0.364 e. The van der Waals surface area contributed by atoms with E-state index in [1.807, 2.05) is 13.8 Å². The maximum Gasteiger partial charge on any atom is 0.170 e. The number of hydrogen-bond donors (Lipinski definition) is 0. The van der Waals surface area contributed by atoms with Gasteiger partial charge in [-0.3, -0.25) is 4.90 Å². The van der Waals surface area contributed by atoms with Crippen LogP contribution in [-0.4, -0.2) is 42.6 Å². The Labute approximate surface area is 102 Å². The lowest BCUT2D eigenvalue weighted by atomic mass is 10.1. The molecule has 2 heterocycles. The first-order valence-electron chi connectivity index (χ1n) is 6.21. The summed E-state index contributed by atoms with van der Waals surface area (Å²) in [5, 5.41) is 3.98. The first-order valence-corrected chi connectivity index (χ1v) is 6.21. The lowest BCUT2D eigenvalue weighted by Crippen LogP contribution is -2.38. The monoisotopic (exact) mass is 240 g/mol. The third kappa shape index (κ3) is 3.28. The van der Waals surface area contributed by atoms with Gasteiger partial charge in [0.05, 0.1) is 5.69 Å². The lowest BCUT2D eigenvalue weighted by Gasteiger charge is -2.29. The van der Waals surface area contributed by atoms with Crippen LogP contribution in [0.1, 0.15) is 25.1 Å². The van der Waals surface area contributed by atoms with Gasteiger partial charge >= 0.3 is 0 Å². The minimum absolute atomic E-state index is 0.133. The maximum atomic E-state index is 5.55. The zero-order valence-electron chi connectivity index (χ0n) is 10.5. The van der Waals surface area contributed by atoms with Crippen LogP contribution in [0.15, 0.2) is 10.8 Å². The van der Waals surface area contributed by atoms with Crippen molar-refractivity contribution in [1.82, 2.24) is 10.1 Å². The molecule has 0 fully saturated rings. The summed E-state index contributed by atoms with van der Waals surface area (Å²) in [4.78, 5) is 2.32. The van der Waals surface area contributed by atoms with Gasteiger partial charge in [0.25, 0.3) is 0 Å². The Morgan fingerprint density at radius 3 is 2.88 bits per heavy atom. The van der Waals surface area contributed by atoms with Gasteiger partial charge in [-0.1, -0.05) is 5.16 Å². The van der Waals surface area contributed by atoms with E-state index < -0.39 is 0 Å². The van der Waals surface area contributed by atoms with E-state index in [0.29, 0.717) is 13.2 Å². The van der Waals surface area contributed by atoms with Crippen molar-refractivity contribution in [2.75, 3.05) is 26.3 Å². The highest BCUT2D eigenvalue weighted by atomic mass is 16.7. The molecule has 1 aromatic heterocycles. The first kappa shape index (κ1) is 12.5. The second-order valence-corrected chi connectivity index (χ2v) is 4.11. The first-order chi connectivity index (χ1) is 8.33. The fourth-order valence-electron chi connectivity index (χ4n) is 2.09. The molecule has 0 spiro atoms.